The van der Waals surface area contributed by atoms with Crippen molar-refractivity contribution >= 4 is 34.5 Å². The largest absolute Gasteiger partial charge is 0.486 e. The molecule has 2 amide bonds. The number of thiophene rings is 1. The van der Waals surface area contributed by atoms with E-state index in [1.54, 1.807) is 12.1 Å². The fourth-order valence-electron chi connectivity index (χ4n) is 3.35. The number of carbonyl (C=O) groups excluding carboxylic acids is 2. The molecule has 2 aliphatic heterocycles. The van der Waals surface area contributed by atoms with E-state index in [0.29, 0.717) is 35.2 Å². The van der Waals surface area contributed by atoms with Crippen molar-refractivity contribution in [2.24, 2.45) is 0 Å². The molecule has 5 rings (SSSR count). The van der Waals surface area contributed by atoms with Gasteiger partial charge in [0.2, 0.25) is 5.91 Å². The van der Waals surface area contributed by atoms with Crippen LogP contribution in [0.4, 0.5) is 11.4 Å². The van der Waals surface area contributed by atoms with Crippen LogP contribution < -0.4 is 19.7 Å². The van der Waals surface area contributed by atoms with E-state index in [0.717, 1.165) is 16.2 Å². The van der Waals surface area contributed by atoms with Crippen LogP contribution in [0.25, 0.3) is 10.4 Å². The lowest BCUT2D eigenvalue weighted by Gasteiger charge is -2.28. The van der Waals surface area contributed by atoms with Gasteiger partial charge in [-0.15, -0.1) is 11.3 Å². The van der Waals surface area contributed by atoms with Gasteiger partial charge in [0.1, 0.15) is 19.8 Å². The smallest absolute Gasteiger partial charge is 0.268 e. The maximum atomic E-state index is 13.1. The van der Waals surface area contributed by atoms with Crippen LogP contribution >= 0.6 is 11.3 Å². The van der Waals surface area contributed by atoms with E-state index in [-0.39, 0.29) is 18.4 Å². The second-order valence-electron chi connectivity index (χ2n) is 6.48. The van der Waals surface area contributed by atoms with Crippen LogP contribution in [-0.2, 0) is 4.79 Å². The Morgan fingerprint density at radius 2 is 1.82 bits per heavy atom. The minimum Gasteiger partial charge on any atom is -0.486 e. The van der Waals surface area contributed by atoms with E-state index >= 15 is 0 Å². The Labute approximate surface area is 165 Å². The number of anilines is 2. The first kappa shape index (κ1) is 16.8. The zero-order chi connectivity index (χ0) is 19.1. The standard InChI is InChI=1S/C21H16N2O4S/c24-20-12-23(15-4-2-1-3-14(15)22-20)21(25)19-8-7-18(28-19)13-5-6-16-17(11-13)27-10-9-26-16/h1-8,11H,9-10,12H2,(H,22,24). The van der Waals surface area contributed by atoms with Crippen LogP contribution in [0.1, 0.15) is 9.67 Å². The molecule has 0 unspecified atom stereocenters. The van der Waals surface area contributed by atoms with Crippen LogP contribution in [0.15, 0.2) is 54.6 Å². The highest BCUT2D eigenvalue weighted by atomic mass is 32.1. The molecule has 140 valence electrons. The average Bonchev–Trinajstić information content (AvgIpc) is 3.22. The normalized spacial score (nSPS) is 15.0. The Balaban J connectivity index is 1.45. The van der Waals surface area contributed by atoms with E-state index in [1.807, 2.05) is 42.5 Å². The summed E-state index contributed by atoms with van der Waals surface area (Å²) in [4.78, 5) is 28.2. The van der Waals surface area contributed by atoms with Crippen molar-refractivity contribution in [1.82, 2.24) is 0 Å². The Morgan fingerprint density at radius 1 is 1.00 bits per heavy atom. The van der Waals surface area contributed by atoms with Gasteiger partial charge in [0.15, 0.2) is 11.5 Å². The molecule has 0 aliphatic carbocycles. The molecular weight excluding hydrogens is 376 g/mol. The van der Waals surface area contributed by atoms with Crippen LogP contribution in [0.3, 0.4) is 0 Å². The maximum absolute atomic E-state index is 13.1. The quantitative estimate of drug-likeness (QED) is 0.721. The van der Waals surface area contributed by atoms with E-state index < -0.39 is 0 Å². The summed E-state index contributed by atoms with van der Waals surface area (Å²) in [6, 6.07) is 16.8. The minimum atomic E-state index is -0.198. The van der Waals surface area contributed by atoms with Gasteiger partial charge in [0.25, 0.3) is 5.91 Å². The minimum absolute atomic E-state index is 0.00705. The molecule has 28 heavy (non-hydrogen) atoms. The third-order valence-electron chi connectivity index (χ3n) is 4.66. The first-order chi connectivity index (χ1) is 13.7. The van der Waals surface area contributed by atoms with Gasteiger partial charge in [-0.05, 0) is 48.0 Å². The van der Waals surface area contributed by atoms with Crippen molar-refractivity contribution in [2.75, 3.05) is 30.0 Å². The molecule has 7 heteroatoms. The van der Waals surface area contributed by atoms with Gasteiger partial charge in [-0.3, -0.25) is 14.5 Å². The number of rotatable bonds is 2. The van der Waals surface area contributed by atoms with Crippen LogP contribution in [0, 0.1) is 0 Å². The summed E-state index contributed by atoms with van der Waals surface area (Å²) in [5.74, 6) is 1.07. The van der Waals surface area contributed by atoms with Crippen LogP contribution in [0.5, 0.6) is 11.5 Å². The molecule has 3 aromatic rings. The molecule has 2 aromatic carbocycles. The molecule has 0 bridgehead atoms. The van der Waals surface area contributed by atoms with Crippen molar-refractivity contribution < 1.29 is 19.1 Å². The van der Waals surface area contributed by atoms with Gasteiger partial charge in [0, 0.05) is 4.88 Å². The molecule has 3 heterocycles. The van der Waals surface area contributed by atoms with Gasteiger partial charge >= 0.3 is 0 Å². The summed E-state index contributed by atoms with van der Waals surface area (Å²) in [7, 11) is 0. The predicted octanol–water partition coefficient (Wildman–Crippen LogP) is 3.79. The molecule has 0 radical (unpaired) electrons. The van der Waals surface area contributed by atoms with Crippen molar-refractivity contribution in [3.8, 4) is 21.9 Å². The summed E-state index contributed by atoms with van der Waals surface area (Å²) in [5.41, 5.74) is 2.32. The van der Waals surface area contributed by atoms with Gasteiger partial charge in [-0.25, -0.2) is 0 Å². The zero-order valence-corrected chi connectivity index (χ0v) is 15.6. The highest BCUT2D eigenvalue weighted by Crippen LogP contribution is 2.38. The Kier molecular flexibility index (Phi) is 4.02. The Bertz CT molecular complexity index is 1090. The number of benzene rings is 2. The Morgan fingerprint density at radius 3 is 2.71 bits per heavy atom. The fourth-order valence-corrected chi connectivity index (χ4v) is 4.30. The van der Waals surface area contributed by atoms with E-state index in [1.165, 1.54) is 16.2 Å². The summed E-state index contributed by atoms with van der Waals surface area (Å²) < 4.78 is 11.2. The first-order valence-electron chi connectivity index (χ1n) is 8.90. The molecule has 6 nitrogen and oxygen atoms in total. The second-order valence-corrected chi connectivity index (χ2v) is 7.56. The molecule has 0 saturated carbocycles. The third kappa shape index (κ3) is 2.90. The topological polar surface area (TPSA) is 67.9 Å². The summed E-state index contributed by atoms with van der Waals surface area (Å²) >= 11 is 1.40. The second kappa shape index (κ2) is 6.69. The molecule has 0 fully saturated rings. The number of nitrogens with one attached hydrogen (secondary N) is 1. The summed E-state index contributed by atoms with van der Waals surface area (Å²) in [5, 5.41) is 2.80. The van der Waals surface area contributed by atoms with Crippen molar-refractivity contribution in [3.63, 3.8) is 0 Å². The molecule has 2 aliphatic rings. The number of hydrogen-bond acceptors (Lipinski definition) is 5. The fraction of sp³-hybridized carbons (Fsp3) is 0.143. The molecule has 1 N–H and O–H groups in total. The average molecular weight is 392 g/mol. The number of fused-ring (bicyclic) bond motifs is 2. The highest BCUT2D eigenvalue weighted by Gasteiger charge is 2.28. The van der Waals surface area contributed by atoms with E-state index in [4.69, 9.17) is 9.47 Å². The van der Waals surface area contributed by atoms with Crippen molar-refractivity contribution in [1.29, 1.82) is 0 Å². The number of nitrogens with zero attached hydrogens (tertiary/aromatic N) is 1. The lowest BCUT2D eigenvalue weighted by atomic mass is 10.1. The van der Waals surface area contributed by atoms with Gasteiger partial charge in [-0.2, -0.15) is 0 Å². The third-order valence-corrected chi connectivity index (χ3v) is 5.78. The first-order valence-corrected chi connectivity index (χ1v) is 9.71. The summed E-state index contributed by atoms with van der Waals surface area (Å²) in [6.45, 7) is 1.09. The molecule has 0 saturated heterocycles. The van der Waals surface area contributed by atoms with Gasteiger partial charge < -0.3 is 14.8 Å². The lowest BCUT2D eigenvalue weighted by molar-refractivity contribution is -0.115. The SMILES string of the molecule is O=C1CN(C(=O)c2ccc(-c3ccc4c(c3)OCCO4)s2)c2ccccc2N1. The van der Waals surface area contributed by atoms with Crippen LogP contribution in [0.2, 0.25) is 0 Å². The van der Waals surface area contributed by atoms with Gasteiger partial charge in [0.05, 0.1) is 16.3 Å². The molecule has 0 atom stereocenters. The zero-order valence-electron chi connectivity index (χ0n) is 14.8. The predicted molar refractivity (Wildman–Crippen MR) is 107 cm³/mol. The van der Waals surface area contributed by atoms with Crippen molar-refractivity contribution in [3.05, 3.63) is 59.5 Å². The molecular formula is C21H16N2O4S. The number of carbonyl (C=O) groups is 2. The molecule has 0 spiro atoms. The number of amides is 2. The highest BCUT2D eigenvalue weighted by molar-refractivity contribution is 7.17. The Hall–Kier alpha value is -3.32. The lowest BCUT2D eigenvalue weighted by Crippen LogP contribution is -2.41. The number of ether oxygens (including phenoxy) is 2. The van der Waals surface area contributed by atoms with E-state index in [9.17, 15) is 9.59 Å². The number of hydrogen-bond donors (Lipinski definition) is 1. The van der Waals surface area contributed by atoms with Crippen molar-refractivity contribution in [2.45, 2.75) is 0 Å². The molecule has 1 aromatic heterocycles. The maximum Gasteiger partial charge on any atom is 0.268 e. The van der Waals surface area contributed by atoms with Gasteiger partial charge in [-0.1, -0.05) is 12.1 Å². The van der Waals surface area contributed by atoms with Crippen LogP contribution in [-0.4, -0.2) is 31.6 Å². The van der Waals surface area contributed by atoms with E-state index in [2.05, 4.69) is 5.32 Å². The number of para-hydroxylation sites is 2. The monoisotopic (exact) mass is 392 g/mol. The summed E-state index contributed by atoms with van der Waals surface area (Å²) in [6.07, 6.45) is 0.